The molecule has 6 heteroatoms. The molecule has 2 aromatic rings. The number of nitrogens with zero attached hydrogens (tertiary/aromatic N) is 1. The van der Waals surface area contributed by atoms with Crippen molar-refractivity contribution >= 4 is 47.8 Å². The smallest absolute Gasteiger partial charge is 0.265 e. The fraction of sp³-hybridized carbons (Fsp3) is 0.154. The van der Waals surface area contributed by atoms with E-state index >= 15 is 0 Å². The number of ether oxygens (including phenoxy) is 1. The Bertz CT molecular complexity index is 667. The summed E-state index contributed by atoms with van der Waals surface area (Å²) in [7, 11) is 1.62. The molecule has 19 heavy (non-hydrogen) atoms. The second-order valence-electron chi connectivity index (χ2n) is 3.90. The molecule has 100 valence electrons. The molecule has 0 saturated heterocycles. The van der Waals surface area contributed by atoms with Crippen LogP contribution < -0.4 is 10.3 Å². The molecule has 0 fully saturated rings. The van der Waals surface area contributed by atoms with E-state index in [-0.39, 0.29) is 5.56 Å². The molecule has 0 radical (unpaired) electrons. The fourth-order valence-electron chi connectivity index (χ4n) is 1.66. The summed E-state index contributed by atoms with van der Waals surface area (Å²) >= 11 is 10.1. The molecule has 0 saturated carbocycles. The second-order valence-corrected chi connectivity index (χ2v) is 6.52. The third-order valence-corrected chi connectivity index (χ3v) is 4.38. The van der Waals surface area contributed by atoms with E-state index in [0.29, 0.717) is 11.0 Å². The normalized spacial score (nSPS) is 10.5. The topological polar surface area (TPSA) is 31.2 Å². The van der Waals surface area contributed by atoms with Crippen molar-refractivity contribution in [3.8, 4) is 5.75 Å². The highest BCUT2D eigenvalue weighted by Crippen LogP contribution is 2.23. The highest BCUT2D eigenvalue weighted by atomic mass is 79.9. The lowest BCUT2D eigenvalue weighted by Gasteiger charge is -2.10. The van der Waals surface area contributed by atoms with Gasteiger partial charge in [-0.05, 0) is 61.7 Å². The third-order valence-electron chi connectivity index (χ3n) is 2.60. The highest BCUT2D eigenvalue weighted by molar-refractivity contribution is 9.11. The monoisotopic (exact) mass is 449 g/mol. The summed E-state index contributed by atoms with van der Waals surface area (Å²) in [4.78, 5) is 12.0. The Morgan fingerprint density at radius 3 is 2.58 bits per heavy atom. The van der Waals surface area contributed by atoms with Crippen LogP contribution in [0.5, 0.6) is 5.75 Å². The zero-order chi connectivity index (χ0) is 14.0. The van der Waals surface area contributed by atoms with Crippen molar-refractivity contribution < 1.29 is 4.74 Å². The molecule has 0 unspecified atom stereocenters. The first-order valence-electron chi connectivity index (χ1n) is 5.39. The first-order valence-corrected chi connectivity index (χ1v) is 7.77. The van der Waals surface area contributed by atoms with E-state index in [0.717, 1.165) is 20.3 Å². The molecular weight excluding hydrogens is 442 g/mol. The number of rotatable bonds is 3. The van der Waals surface area contributed by atoms with E-state index in [1.54, 1.807) is 23.9 Å². The Morgan fingerprint density at radius 1 is 1.16 bits per heavy atom. The number of hydrogen-bond acceptors (Lipinski definition) is 2. The van der Waals surface area contributed by atoms with Gasteiger partial charge in [-0.1, -0.05) is 15.9 Å². The van der Waals surface area contributed by atoms with Gasteiger partial charge in [0.25, 0.3) is 5.56 Å². The van der Waals surface area contributed by atoms with E-state index < -0.39 is 0 Å². The van der Waals surface area contributed by atoms with Gasteiger partial charge in [-0.3, -0.25) is 4.79 Å². The maximum absolute atomic E-state index is 12.0. The first kappa shape index (κ1) is 14.8. The summed E-state index contributed by atoms with van der Waals surface area (Å²) in [6.45, 7) is 0.467. The number of pyridine rings is 1. The zero-order valence-corrected chi connectivity index (χ0v) is 14.7. The Hall–Kier alpha value is -0.590. The zero-order valence-electron chi connectivity index (χ0n) is 9.99. The molecule has 1 heterocycles. The van der Waals surface area contributed by atoms with Crippen LogP contribution in [0, 0.1) is 0 Å². The minimum Gasteiger partial charge on any atom is -0.497 e. The average molecular weight is 452 g/mol. The first-order chi connectivity index (χ1) is 9.01. The quantitative estimate of drug-likeness (QED) is 0.700. The van der Waals surface area contributed by atoms with Crippen molar-refractivity contribution in [1.29, 1.82) is 0 Å². The summed E-state index contributed by atoms with van der Waals surface area (Å²) in [6.07, 6.45) is 1.76. The molecule has 0 aliphatic carbocycles. The fourth-order valence-corrected chi connectivity index (χ4v) is 3.29. The molecule has 1 aromatic carbocycles. The maximum atomic E-state index is 12.0. The van der Waals surface area contributed by atoms with Crippen LogP contribution in [-0.2, 0) is 6.54 Å². The third kappa shape index (κ3) is 3.49. The molecule has 0 amide bonds. The highest BCUT2D eigenvalue weighted by Gasteiger charge is 2.07. The van der Waals surface area contributed by atoms with Crippen molar-refractivity contribution in [2.75, 3.05) is 7.11 Å². The van der Waals surface area contributed by atoms with Crippen LogP contribution in [0.1, 0.15) is 5.56 Å². The summed E-state index contributed by atoms with van der Waals surface area (Å²) < 4.78 is 9.15. The van der Waals surface area contributed by atoms with Gasteiger partial charge in [0, 0.05) is 15.1 Å². The average Bonchev–Trinajstić information content (AvgIpc) is 2.38. The molecule has 0 spiro atoms. The Labute approximate surface area is 136 Å². The van der Waals surface area contributed by atoms with Gasteiger partial charge in [0.1, 0.15) is 5.75 Å². The van der Waals surface area contributed by atoms with E-state index in [9.17, 15) is 4.79 Å². The van der Waals surface area contributed by atoms with Gasteiger partial charge in [0.05, 0.1) is 18.1 Å². The van der Waals surface area contributed by atoms with Crippen molar-refractivity contribution in [2.45, 2.75) is 6.54 Å². The largest absolute Gasteiger partial charge is 0.497 e. The standard InChI is InChI=1S/C13H10Br3NO2/c1-19-10-2-3-11(15)8(4-10)6-17-7-9(14)5-12(16)13(17)18/h2-5,7H,6H2,1H3. The summed E-state index contributed by atoms with van der Waals surface area (Å²) in [6, 6.07) is 7.42. The minimum absolute atomic E-state index is 0.0714. The summed E-state index contributed by atoms with van der Waals surface area (Å²) in [5.41, 5.74) is 0.907. The van der Waals surface area contributed by atoms with Crippen LogP contribution in [0.25, 0.3) is 0 Å². The van der Waals surface area contributed by atoms with Crippen LogP contribution in [0.15, 0.2) is 48.7 Å². The molecule has 0 aliphatic heterocycles. The predicted molar refractivity (Wildman–Crippen MR) is 85.9 cm³/mol. The van der Waals surface area contributed by atoms with E-state index in [4.69, 9.17) is 4.74 Å². The number of hydrogen-bond donors (Lipinski definition) is 0. The maximum Gasteiger partial charge on any atom is 0.265 e. The van der Waals surface area contributed by atoms with Crippen LogP contribution in [0.4, 0.5) is 0 Å². The number of aromatic nitrogens is 1. The SMILES string of the molecule is COc1ccc(Br)c(Cn2cc(Br)cc(Br)c2=O)c1. The van der Waals surface area contributed by atoms with Gasteiger partial charge in [0.2, 0.25) is 0 Å². The molecule has 0 bridgehead atoms. The Balaban J connectivity index is 2.44. The van der Waals surface area contributed by atoms with Gasteiger partial charge in [-0.25, -0.2) is 0 Å². The van der Waals surface area contributed by atoms with E-state index in [1.807, 2.05) is 18.2 Å². The van der Waals surface area contributed by atoms with Crippen LogP contribution in [0.2, 0.25) is 0 Å². The lowest BCUT2D eigenvalue weighted by atomic mass is 10.2. The molecule has 1 aromatic heterocycles. The van der Waals surface area contributed by atoms with Gasteiger partial charge in [-0.2, -0.15) is 0 Å². The van der Waals surface area contributed by atoms with Crippen molar-refractivity contribution in [2.24, 2.45) is 0 Å². The molecule has 0 atom stereocenters. The molecular formula is C13H10Br3NO2. The molecule has 3 nitrogen and oxygen atoms in total. The van der Waals surface area contributed by atoms with E-state index in [2.05, 4.69) is 47.8 Å². The minimum atomic E-state index is -0.0714. The summed E-state index contributed by atoms with van der Waals surface area (Å²) in [5, 5.41) is 0. The Kier molecular flexibility index (Phi) is 4.86. The molecule has 0 N–H and O–H groups in total. The lowest BCUT2D eigenvalue weighted by Crippen LogP contribution is -2.20. The predicted octanol–water partition coefficient (Wildman–Crippen LogP) is 4.19. The van der Waals surface area contributed by atoms with Gasteiger partial charge in [-0.15, -0.1) is 0 Å². The van der Waals surface area contributed by atoms with Crippen molar-refractivity contribution in [3.63, 3.8) is 0 Å². The molecule has 2 rings (SSSR count). The Morgan fingerprint density at radius 2 is 1.89 bits per heavy atom. The van der Waals surface area contributed by atoms with Crippen molar-refractivity contribution in [3.05, 3.63) is 59.8 Å². The lowest BCUT2D eigenvalue weighted by molar-refractivity contribution is 0.414. The second kappa shape index (κ2) is 6.24. The van der Waals surface area contributed by atoms with Gasteiger partial charge < -0.3 is 9.30 Å². The van der Waals surface area contributed by atoms with Crippen molar-refractivity contribution in [1.82, 2.24) is 4.57 Å². The molecule has 0 aliphatic rings. The van der Waals surface area contributed by atoms with Crippen LogP contribution in [-0.4, -0.2) is 11.7 Å². The van der Waals surface area contributed by atoms with Crippen LogP contribution in [0.3, 0.4) is 0 Å². The number of halogens is 3. The summed E-state index contributed by atoms with van der Waals surface area (Å²) in [5.74, 6) is 0.764. The number of methoxy groups -OCH3 is 1. The van der Waals surface area contributed by atoms with Crippen LogP contribution >= 0.6 is 47.8 Å². The number of benzene rings is 1. The van der Waals surface area contributed by atoms with Gasteiger partial charge >= 0.3 is 0 Å². The van der Waals surface area contributed by atoms with E-state index in [1.165, 1.54) is 0 Å². The van der Waals surface area contributed by atoms with Gasteiger partial charge in [0.15, 0.2) is 0 Å².